The summed E-state index contributed by atoms with van der Waals surface area (Å²) < 4.78 is 74.1. The molecule has 2 saturated heterocycles. The fourth-order valence-electron chi connectivity index (χ4n) is 4.53. The molecule has 0 radical (unpaired) electrons. The van der Waals surface area contributed by atoms with Crippen molar-refractivity contribution in [1.29, 1.82) is 0 Å². The molecule has 2 fully saturated rings. The molecule has 0 N–H and O–H groups in total. The predicted molar refractivity (Wildman–Crippen MR) is 133 cm³/mol. The zero-order valence-electron chi connectivity index (χ0n) is 22.4. The van der Waals surface area contributed by atoms with Gasteiger partial charge in [-0.05, 0) is 63.7 Å². The Bertz CT molecular complexity index is 1000. The standard InChI is InChI=1S/C26H35BF3NO7/c1-23(2)24(3,4)38-27(37-23)19-14-25(35-16-19)10-12-31(13-11-25)22(32)36-21(26(28,29)30)17-34-15-18-6-8-20(33-5)9-7-18/h6-9,14,21H,10-13,15-17H2,1-5H3. The monoisotopic (exact) mass is 541 g/mol. The first kappa shape index (κ1) is 28.7. The van der Waals surface area contributed by atoms with Crippen LogP contribution in [0.15, 0.2) is 35.8 Å². The number of alkyl halides is 3. The number of amides is 1. The van der Waals surface area contributed by atoms with Gasteiger partial charge in [-0.3, -0.25) is 0 Å². The zero-order chi connectivity index (χ0) is 27.8. The third-order valence-electron chi connectivity index (χ3n) is 7.70. The molecule has 0 saturated carbocycles. The Hall–Kier alpha value is -2.28. The molecule has 3 aliphatic heterocycles. The van der Waals surface area contributed by atoms with E-state index in [1.165, 1.54) is 12.0 Å². The van der Waals surface area contributed by atoms with Crippen molar-refractivity contribution in [2.75, 3.05) is 33.4 Å². The van der Waals surface area contributed by atoms with Gasteiger partial charge in [0.25, 0.3) is 0 Å². The van der Waals surface area contributed by atoms with Gasteiger partial charge in [0.05, 0.1) is 43.7 Å². The highest BCUT2D eigenvalue weighted by Gasteiger charge is 2.54. The first-order chi connectivity index (χ1) is 17.7. The smallest absolute Gasteiger partial charge is 0.492 e. The zero-order valence-corrected chi connectivity index (χ0v) is 22.4. The Balaban J connectivity index is 1.29. The molecule has 12 heteroatoms. The highest BCUT2D eigenvalue weighted by Crippen LogP contribution is 2.42. The van der Waals surface area contributed by atoms with E-state index < -0.39 is 48.9 Å². The summed E-state index contributed by atoms with van der Waals surface area (Å²) in [5.41, 5.74) is -0.0147. The molecular formula is C26H35BF3NO7. The fraction of sp³-hybridized carbons (Fsp3) is 0.654. The average Bonchev–Trinajstić information content (AvgIpc) is 3.35. The summed E-state index contributed by atoms with van der Waals surface area (Å²) in [5, 5.41) is 0. The number of halogens is 3. The van der Waals surface area contributed by atoms with Crippen LogP contribution in [-0.4, -0.2) is 80.6 Å². The summed E-state index contributed by atoms with van der Waals surface area (Å²) in [5.74, 6) is 0.627. The Kier molecular flexibility index (Phi) is 8.10. The molecule has 1 aromatic carbocycles. The molecule has 0 bridgehead atoms. The van der Waals surface area contributed by atoms with Crippen LogP contribution in [0.5, 0.6) is 5.75 Å². The van der Waals surface area contributed by atoms with Gasteiger partial charge >= 0.3 is 19.4 Å². The minimum Gasteiger partial charge on any atom is -0.497 e. The number of hydrogen-bond donors (Lipinski definition) is 0. The van der Waals surface area contributed by atoms with Crippen LogP contribution in [0.25, 0.3) is 0 Å². The van der Waals surface area contributed by atoms with E-state index in [4.69, 9.17) is 28.3 Å². The molecule has 1 spiro atoms. The minimum atomic E-state index is -4.76. The molecule has 3 heterocycles. The molecule has 3 aliphatic rings. The van der Waals surface area contributed by atoms with Gasteiger partial charge in [-0.25, -0.2) is 4.79 Å². The van der Waals surface area contributed by atoms with E-state index in [-0.39, 0.29) is 19.7 Å². The summed E-state index contributed by atoms with van der Waals surface area (Å²) in [6.45, 7) is 7.76. The topological polar surface area (TPSA) is 75.7 Å². The third kappa shape index (κ3) is 6.30. The normalized spacial score (nSPS) is 22.9. The number of methoxy groups -OCH3 is 1. The van der Waals surface area contributed by atoms with Crippen molar-refractivity contribution in [1.82, 2.24) is 4.90 Å². The maximum Gasteiger partial charge on any atom is 0.492 e. The predicted octanol–water partition coefficient (Wildman–Crippen LogP) is 4.70. The molecule has 210 valence electrons. The van der Waals surface area contributed by atoms with Gasteiger partial charge in [0.1, 0.15) is 5.75 Å². The number of benzene rings is 1. The average molecular weight is 541 g/mol. The lowest BCUT2D eigenvalue weighted by Gasteiger charge is -2.37. The lowest BCUT2D eigenvalue weighted by Crippen LogP contribution is -2.48. The van der Waals surface area contributed by atoms with E-state index in [0.717, 1.165) is 5.47 Å². The number of carbonyl (C=O) groups is 1. The second kappa shape index (κ2) is 10.7. The van der Waals surface area contributed by atoms with Gasteiger partial charge in [-0.2, -0.15) is 13.2 Å². The van der Waals surface area contributed by atoms with Crippen LogP contribution in [0, 0.1) is 0 Å². The van der Waals surface area contributed by atoms with Gasteiger partial charge in [0.15, 0.2) is 0 Å². The van der Waals surface area contributed by atoms with Crippen LogP contribution < -0.4 is 4.74 Å². The van der Waals surface area contributed by atoms with Gasteiger partial charge in [-0.15, -0.1) is 0 Å². The van der Waals surface area contributed by atoms with Crippen molar-refractivity contribution in [2.45, 2.75) is 76.2 Å². The Labute approximate surface area is 221 Å². The molecule has 38 heavy (non-hydrogen) atoms. The molecular weight excluding hydrogens is 506 g/mol. The number of rotatable bonds is 7. The quantitative estimate of drug-likeness (QED) is 0.464. The molecule has 0 aliphatic carbocycles. The van der Waals surface area contributed by atoms with E-state index in [1.807, 2.05) is 33.8 Å². The van der Waals surface area contributed by atoms with E-state index in [0.29, 0.717) is 30.8 Å². The number of hydrogen-bond acceptors (Lipinski definition) is 7. The van der Waals surface area contributed by atoms with Crippen molar-refractivity contribution in [3.8, 4) is 5.75 Å². The van der Waals surface area contributed by atoms with Crippen LogP contribution in [0.4, 0.5) is 18.0 Å². The molecule has 4 rings (SSSR count). The Morgan fingerprint density at radius 3 is 2.24 bits per heavy atom. The van der Waals surface area contributed by atoms with Gasteiger partial charge in [0.2, 0.25) is 6.10 Å². The van der Waals surface area contributed by atoms with Gasteiger partial charge in [-0.1, -0.05) is 18.2 Å². The minimum absolute atomic E-state index is 0.0604. The number of piperidine rings is 1. The van der Waals surface area contributed by atoms with Crippen LogP contribution in [0.3, 0.4) is 0 Å². The van der Waals surface area contributed by atoms with Crippen molar-refractivity contribution < 1.29 is 46.2 Å². The number of likely N-dealkylation sites (tertiary alicyclic amines) is 1. The lowest BCUT2D eigenvalue weighted by atomic mass is 9.76. The summed E-state index contributed by atoms with van der Waals surface area (Å²) in [7, 11) is 1.000. The molecule has 8 nitrogen and oxygen atoms in total. The molecule has 1 atom stereocenters. The lowest BCUT2D eigenvalue weighted by molar-refractivity contribution is -0.220. The van der Waals surface area contributed by atoms with Crippen LogP contribution >= 0.6 is 0 Å². The SMILES string of the molecule is COc1ccc(COCC(OC(=O)N2CCC3(C=C(B4OC(C)(C)C(C)(C)O4)CO3)CC2)C(F)(F)F)cc1. The second-order valence-corrected chi connectivity index (χ2v) is 10.9. The first-order valence-electron chi connectivity index (χ1n) is 12.7. The van der Waals surface area contributed by atoms with Crippen LogP contribution in [0.2, 0.25) is 0 Å². The highest BCUT2D eigenvalue weighted by atomic mass is 19.4. The van der Waals surface area contributed by atoms with E-state index in [1.54, 1.807) is 24.3 Å². The second-order valence-electron chi connectivity index (χ2n) is 10.9. The summed E-state index contributed by atoms with van der Waals surface area (Å²) in [6, 6.07) is 6.75. The van der Waals surface area contributed by atoms with Gasteiger partial charge < -0.3 is 33.2 Å². The Morgan fingerprint density at radius 1 is 1.08 bits per heavy atom. The summed E-state index contributed by atoms with van der Waals surface area (Å²) in [6.07, 6.45) is -5.32. The Morgan fingerprint density at radius 2 is 1.68 bits per heavy atom. The van der Waals surface area contributed by atoms with E-state index in [9.17, 15) is 18.0 Å². The van der Waals surface area contributed by atoms with E-state index in [2.05, 4.69) is 0 Å². The van der Waals surface area contributed by atoms with Crippen molar-refractivity contribution in [3.05, 3.63) is 41.4 Å². The number of nitrogens with zero attached hydrogens (tertiary/aromatic N) is 1. The number of ether oxygens (including phenoxy) is 4. The summed E-state index contributed by atoms with van der Waals surface area (Å²) in [4.78, 5) is 13.9. The summed E-state index contributed by atoms with van der Waals surface area (Å²) >= 11 is 0. The van der Waals surface area contributed by atoms with Crippen LogP contribution in [-0.2, 0) is 30.1 Å². The fourth-order valence-corrected chi connectivity index (χ4v) is 4.53. The molecule has 1 amide bonds. The third-order valence-corrected chi connectivity index (χ3v) is 7.70. The van der Waals surface area contributed by atoms with Crippen molar-refractivity contribution in [3.63, 3.8) is 0 Å². The molecule has 1 unspecified atom stereocenters. The molecule has 1 aromatic rings. The van der Waals surface area contributed by atoms with Crippen LogP contribution in [0.1, 0.15) is 46.1 Å². The largest absolute Gasteiger partial charge is 0.497 e. The van der Waals surface area contributed by atoms with Crippen molar-refractivity contribution >= 4 is 13.2 Å². The molecule has 0 aromatic heterocycles. The maximum absolute atomic E-state index is 13.6. The van der Waals surface area contributed by atoms with Gasteiger partial charge in [0, 0.05) is 13.1 Å². The number of carbonyl (C=O) groups excluding carboxylic acids is 1. The van der Waals surface area contributed by atoms with Crippen molar-refractivity contribution in [2.24, 2.45) is 0 Å². The first-order valence-corrected chi connectivity index (χ1v) is 12.7. The van der Waals surface area contributed by atoms with E-state index >= 15 is 0 Å². The highest BCUT2D eigenvalue weighted by molar-refractivity contribution is 6.54. The maximum atomic E-state index is 13.6.